The van der Waals surface area contributed by atoms with Crippen molar-refractivity contribution in [1.82, 2.24) is 5.32 Å². The number of carbonyl (C=O) groups excluding carboxylic acids is 1. The quantitative estimate of drug-likeness (QED) is 0.835. The molecular weight excluding hydrogens is 271 g/mol. The average molecular weight is 291 g/mol. The standard InChI is InChI=1S/C13H19FN2O2.ClH/c1-9(8-15)13(17)16-6-5-10-3-4-12(18-2)11(14)7-10;/h3-4,7,9H,5-6,8,15H2,1-2H3,(H,16,17);1H. The van der Waals surface area contributed by atoms with Crippen LogP contribution in [-0.4, -0.2) is 26.1 Å². The SMILES string of the molecule is COc1ccc(CCNC(=O)C(C)CN)cc1F.Cl. The summed E-state index contributed by atoms with van der Waals surface area (Å²) in [5, 5.41) is 2.76. The maximum atomic E-state index is 13.4. The summed E-state index contributed by atoms with van der Waals surface area (Å²) >= 11 is 0. The lowest BCUT2D eigenvalue weighted by Crippen LogP contribution is -2.34. The fraction of sp³-hybridized carbons (Fsp3) is 0.462. The van der Waals surface area contributed by atoms with Crippen molar-refractivity contribution >= 4 is 18.3 Å². The molecule has 1 rings (SSSR count). The van der Waals surface area contributed by atoms with Gasteiger partial charge in [-0.15, -0.1) is 12.4 Å². The van der Waals surface area contributed by atoms with Crippen molar-refractivity contribution in [3.8, 4) is 5.75 Å². The first-order chi connectivity index (χ1) is 8.58. The lowest BCUT2D eigenvalue weighted by Gasteiger charge is -2.10. The van der Waals surface area contributed by atoms with Crippen molar-refractivity contribution in [2.24, 2.45) is 11.7 Å². The van der Waals surface area contributed by atoms with Gasteiger partial charge in [-0.2, -0.15) is 0 Å². The number of nitrogens with one attached hydrogen (secondary N) is 1. The van der Waals surface area contributed by atoms with E-state index >= 15 is 0 Å². The first-order valence-electron chi connectivity index (χ1n) is 5.88. The van der Waals surface area contributed by atoms with Crippen LogP contribution in [0.15, 0.2) is 18.2 Å². The second kappa shape index (κ2) is 8.72. The molecule has 108 valence electrons. The van der Waals surface area contributed by atoms with Gasteiger partial charge in [-0.1, -0.05) is 13.0 Å². The van der Waals surface area contributed by atoms with Gasteiger partial charge in [0.15, 0.2) is 11.6 Å². The van der Waals surface area contributed by atoms with Crippen molar-refractivity contribution in [2.75, 3.05) is 20.2 Å². The van der Waals surface area contributed by atoms with Crippen molar-refractivity contribution < 1.29 is 13.9 Å². The molecule has 0 heterocycles. The highest BCUT2D eigenvalue weighted by Crippen LogP contribution is 2.17. The molecule has 0 saturated carbocycles. The minimum atomic E-state index is -0.392. The van der Waals surface area contributed by atoms with E-state index in [1.54, 1.807) is 19.1 Å². The van der Waals surface area contributed by atoms with Gasteiger partial charge in [-0.3, -0.25) is 4.79 Å². The molecule has 0 bridgehead atoms. The van der Waals surface area contributed by atoms with Gasteiger partial charge >= 0.3 is 0 Å². The van der Waals surface area contributed by atoms with Gasteiger partial charge < -0.3 is 15.8 Å². The van der Waals surface area contributed by atoms with E-state index in [4.69, 9.17) is 10.5 Å². The Morgan fingerprint density at radius 1 is 1.53 bits per heavy atom. The van der Waals surface area contributed by atoms with Crippen molar-refractivity contribution in [3.05, 3.63) is 29.6 Å². The highest BCUT2D eigenvalue weighted by atomic mass is 35.5. The van der Waals surface area contributed by atoms with Crippen LogP contribution in [-0.2, 0) is 11.2 Å². The molecule has 0 saturated heterocycles. The average Bonchev–Trinajstić information content (AvgIpc) is 2.37. The van der Waals surface area contributed by atoms with Crippen LogP contribution in [0, 0.1) is 11.7 Å². The second-order valence-electron chi connectivity index (χ2n) is 4.15. The minimum absolute atomic E-state index is 0. The van der Waals surface area contributed by atoms with Crippen LogP contribution in [0.1, 0.15) is 12.5 Å². The van der Waals surface area contributed by atoms with Gasteiger partial charge in [-0.05, 0) is 24.1 Å². The molecule has 0 aliphatic rings. The molecule has 1 unspecified atom stereocenters. The second-order valence-corrected chi connectivity index (χ2v) is 4.15. The van der Waals surface area contributed by atoms with E-state index in [1.807, 2.05) is 0 Å². The molecule has 0 aliphatic carbocycles. The number of hydrogen-bond acceptors (Lipinski definition) is 3. The number of nitrogens with two attached hydrogens (primary N) is 1. The fourth-order valence-electron chi connectivity index (χ4n) is 1.48. The lowest BCUT2D eigenvalue weighted by atomic mass is 10.1. The van der Waals surface area contributed by atoms with Crippen LogP contribution in [0.2, 0.25) is 0 Å². The number of amides is 1. The Morgan fingerprint density at radius 3 is 2.74 bits per heavy atom. The van der Waals surface area contributed by atoms with Crippen LogP contribution >= 0.6 is 12.4 Å². The van der Waals surface area contributed by atoms with Crippen LogP contribution in [0.4, 0.5) is 4.39 Å². The Labute approximate surface area is 118 Å². The predicted octanol–water partition coefficient (Wildman–Crippen LogP) is 1.51. The molecule has 0 radical (unpaired) electrons. The monoisotopic (exact) mass is 290 g/mol. The minimum Gasteiger partial charge on any atom is -0.494 e. The highest BCUT2D eigenvalue weighted by Gasteiger charge is 2.09. The number of rotatable bonds is 6. The number of halogens is 2. The number of hydrogen-bond donors (Lipinski definition) is 2. The van der Waals surface area contributed by atoms with Crippen molar-refractivity contribution in [3.63, 3.8) is 0 Å². The molecule has 1 aromatic carbocycles. The third-order valence-corrected chi connectivity index (χ3v) is 2.73. The summed E-state index contributed by atoms with van der Waals surface area (Å²) in [6.07, 6.45) is 0.573. The Hall–Kier alpha value is -1.33. The van der Waals surface area contributed by atoms with Gasteiger partial charge in [0, 0.05) is 19.0 Å². The summed E-state index contributed by atoms with van der Waals surface area (Å²) in [5.74, 6) is -0.444. The van der Waals surface area contributed by atoms with E-state index in [9.17, 15) is 9.18 Å². The van der Waals surface area contributed by atoms with Crippen LogP contribution in [0.5, 0.6) is 5.75 Å². The molecule has 6 heteroatoms. The van der Waals surface area contributed by atoms with Crippen LogP contribution < -0.4 is 15.8 Å². The molecule has 19 heavy (non-hydrogen) atoms. The number of carbonyl (C=O) groups is 1. The lowest BCUT2D eigenvalue weighted by molar-refractivity contribution is -0.124. The molecule has 0 spiro atoms. The third kappa shape index (κ3) is 5.44. The predicted molar refractivity (Wildman–Crippen MR) is 75.1 cm³/mol. The Bertz CT molecular complexity index is 416. The molecular formula is C13H20ClFN2O2. The summed E-state index contributed by atoms with van der Waals surface area (Å²) in [4.78, 5) is 11.4. The van der Waals surface area contributed by atoms with Crippen molar-refractivity contribution in [1.29, 1.82) is 0 Å². The van der Waals surface area contributed by atoms with E-state index in [0.29, 0.717) is 19.5 Å². The zero-order chi connectivity index (χ0) is 13.5. The number of ether oxygens (including phenoxy) is 1. The maximum absolute atomic E-state index is 13.4. The summed E-state index contributed by atoms with van der Waals surface area (Å²) in [6.45, 7) is 2.56. The summed E-state index contributed by atoms with van der Waals surface area (Å²) in [5.41, 5.74) is 6.20. The maximum Gasteiger partial charge on any atom is 0.224 e. The zero-order valence-corrected chi connectivity index (χ0v) is 11.9. The third-order valence-electron chi connectivity index (χ3n) is 2.73. The molecule has 0 fully saturated rings. The number of methoxy groups -OCH3 is 1. The van der Waals surface area contributed by atoms with Crippen molar-refractivity contribution in [2.45, 2.75) is 13.3 Å². The van der Waals surface area contributed by atoms with E-state index in [-0.39, 0.29) is 30.0 Å². The number of benzene rings is 1. The van der Waals surface area contributed by atoms with Gasteiger partial charge in [0.1, 0.15) is 0 Å². The van der Waals surface area contributed by atoms with Gasteiger partial charge in [0.25, 0.3) is 0 Å². The van der Waals surface area contributed by atoms with Gasteiger partial charge in [-0.25, -0.2) is 4.39 Å². The Balaban J connectivity index is 0.00000324. The van der Waals surface area contributed by atoms with E-state index in [0.717, 1.165) is 5.56 Å². The highest BCUT2D eigenvalue weighted by molar-refractivity contribution is 5.85. The van der Waals surface area contributed by atoms with E-state index in [1.165, 1.54) is 13.2 Å². The normalized spacial score (nSPS) is 11.4. The van der Waals surface area contributed by atoms with Gasteiger partial charge in [0.05, 0.1) is 7.11 Å². The molecule has 0 aliphatic heterocycles. The molecule has 1 aromatic rings. The smallest absolute Gasteiger partial charge is 0.224 e. The summed E-state index contributed by atoms with van der Waals surface area (Å²) in [7, 11) is 1.42. The molecule has 1 atom stereocenters. The van der Waals surface area contributed by atoms with Gasteiger partial charge in [0.2, 0.25) is 5.91 Å². The largest absolute Gasteiger partial charge is 0.494 e. The zero-order valence-electron chi connectivity index (χ0n) is 11.1. The Kier molecular flexibility index (Phi) is 8.11. The summed E-state index contributed by atoms with van der Waals surface area (Å²) < 4.78 is 18.2. The van der Waals surface area contributed by atoms with E-state index < -0.39 is 5.82 Å². The van der Waals surface area contributed by atoms with Crippen LogP contribution in [0.25, 0.3) is 0 Å². The molecule has 1 amide bonds. The first-order valence-corrected chi connectivity index (χ1v) is 5.88. The van der Waals surface area contributed by atoms with E-state index in [2.05, 4.69) is 5.32 Å². The molecule has 3 N–H and O–H groups in total. The fourth-order valence-corrected chi connectivity index (χ4v) is 1.48. The molecule has 4 nitrogen and oxygen atoms in total. The topological polar surface area (TPSA) is 64.3 Å². The Morgan fingerprint density at radius 2 is 2.21 bits per heavy atom. The van der Waals surface area contributed by atoms with Crippen LogP contribution in [0.3, 0.4) is 0 Å². The first kappa shape index (κ1) is 17.7. The summed E-state index contributed by atoms with van der Waals surface area (Å²) in [6, 6.07) is 4.77. The molecule has 0 aromatic heterocycles.